The second kappa shape index (κ2) is 6.81. The van der Waals surface area contributed by atoms with E-state index < -0.39 is 10.0 Å². The average Bonchev–Trinajstić information content (AvgIpc) is 3.08. The van der Waals surface area contributed by atoms with Crippen LogP contribution in [0.5, 0.6) is 0 Å². The lowest BCUT2D eigenvalue weighted by Crippen LogP contribution is -2.26. The van der Waals surface area contributed by atoms with Crippen molar-refractivity contribution in [1.82, 2.24) is 10.0 Å². The van der Waals surface area contributed by atoms with Crippen molar-refractivity contribution in [2.75, 3.05) is 19.8 Å². The monoisotopic (exact) mass is 304 g/mol. The quantitative estimate of drug-likeness (QED) is 0.675. The fourth-order valence-electron chi connectivity index (χ4n) is 1.59. The van der Waals surface area contributed by atoms with E-state index >= 15 is 0 Å². The second-order valence-corrected chi connectivity index (χ2v) is 7.63. The Balaban J connectivity index is 1.84. The third kappa shape index (κ3) is 4.85. The molecule has 0 aliphatic heterocycles. The van der Waals surface area contributed by atoms with Gasteiger partial charge in [0.2, 0.25) is 10.0 Å². The van der Waals surface area contributed by atoms with Crippen LogP contribution in [0, 0.1) is 0 Å². The van der Waals surface area contributed by atoms with Gasteiger partial charge in [-0.05, 0) is 31.9 Å². The Morgan fingerprint density at radius 2 is 2.21 bits per heavy atom. The summed E-state index contributed by atoms with van der Waals surface area (Å²) in [5.41, 5.74) is 0. The largest absolute Gasteiger partial charge is 0.380 e. The molecule has 108 valence electrons. The molecule has 1 aliphatic carbocycles. The van der Waals surface area contributed by atoms with Crippen LogP contribution in [0.4, 0.5) is 0 Å². The molecular weight excluding hydrogens is 284 g/mol. The fraction of sp³-hybridized carbons (Fsp3) is 0.667. The maximum Gasteiger partial charge on any atom is 0.250 e. The lowest BCUT2D eigenvalue weighted by Gasteiger charge is -2.04. The molecule has 0 atom stereocenters. The van der Waals surface area contributed by atoms with Gasteiger partial charge in [0.25, 0.3) is 0 Å². The zero-order chi connectivity index (χ0) is 13.7. The first-order valence-electron chi connectivity index (χ1n) is 6.51. The van der Waals surface area contributed by atoms with Crippen LogP contribution in [0.25, 0.3) is 0 Å². The summed E-state index contributed by atoms with van der Waals surface area (Å²) < 4.78 is 32.0. The molecule has 7 heteroatoms. The third-order valence-corrected chi connectivity index (χ3v) is 5.82. The van der Waals surface area contributed by atoms with Crippen molar-refractivity contribution in [2.24, 2.45) is 0 Å². The Hall–Kier alpha value is -0.470. The van der Waals surface area contributed by atoms with Gasteiger partial charge in [0.05, 0.1) is 6.61 Å². The van der Waals surface area contributed by atoms with Crippen molar-refractivity contribution < 1.29 is 13.2 Å². The summed E-state index contributed by atoms with van der Waals surface area (Å²) in [6.07, 6.45) is 2.46. The van der Waals surface area contributed by atoms with Gasteiger partial charge in [-0.25, -0.2) is 13.1 Å². The van der Waals surface area contributed by atoms with Crippen LogP contribution in [0.3, 0.4) is 0 Å². The summed E-state index contributed by atoms with van der Waals surface area (Å²) >= 11 is 1.32. The summed E-state index contributed by atoms with van der Waals surface area (Å²) in [6.45, 7) is 3.94. The Kier molecular flexibility index (Phi) is 5.35. The van der Waals surface area contributed by atoms with Crippen molar-refractivity contribution in [1.29, 1.82) is 0 Å². The van der Waals surface area contributed by atoms with Gasteiger partial charge in [0.15, 0.2) is 0 Å². The number of nitrogens with one attached hydrogen (secondary N) is 2. The van der Waals surface area contributed by atoms with Gasteiger partial charge in [0, 0.05) is 30.6 Å². The topological polar surface area (TPSA) is 67.4 Å². The maximum atomic E-state index is 12.0. The zero-order valence-electron chi connectivity index (χ0n) is 11.0. The van der Waals surface area contributed by atoms with E-state index in [-0.39, 0.29) is 0 Å². The van der Waals surface area contributed by atoms with E-state index in [9.17, 15) is 8.42 Å². The van der Waals surface area contributed by atoms with Crippen LogP contribution in [-0.2, 0) is 21.3 Å². The van der Waals surface area contributed by atoms with E-state index in [4.69, 9.17) is 4.74 Å². The molecule has 0 bridgehead atoms. The molecule has 0 unspecified atom stereocenters. The highest BCUT2D eigenvalue weighted by molar-refractivity contribution is 7.91. The molecule has 1 saturated carbocycles. The number of thiophene rings is 1. The summed E-state index contributed by atoms with van der Waals surface area (Å²) in [7, 11) is -3.38. The molecule has 0 saturated heterocycles. The van der Waals surface area contributed by atoms with Gasteiger partial charge in [-0.3, -0.25) is 0 Å². The minimum absolute atomic E-state index is 0.309. The Bertz CT molecular complexity index is 495. The molecule has 1 aromatic heterocycles. The van der Waals surface area contributed by atoms with E-state index in [0.29, 0.717) is 30.0 Å². The van der Waals surface area contributed by atoms with Crippen LogP contribution in [-0.4, -0.2) is 34.2 Å². The Labute approximate surface area is 118 Å². The molecule has 0 amide bonds. The highest BCUT2D eigenvalue weighted by Gasteiger charge is 2.21. The van der Waals surface area contributed by atoms with Crippen molar-refractivity contribution in [2.45, 2.75) is 36.6 Å². The highest BCUT2D eigenvalue weighted by Crippen LogP contribution is 2.23. The molecule has 1 aromatic rings. The minimum atomic E-state index is -3.38. The van der Waals surface area contributed by atoms with Gasteiger partial charge >= 0.3 is 0 Å². The number of hydrogen-bond acceptors (Lipinski definition) is 5. The first-order chi connectivity index (χ1) is 9.12. The van der Waals surface area contributed by atoms with Crippen LogP contribution < -0.4 is 10.0 Å². The molecule has 1 fully saturated rings. The third-order valence-electron chi connectivity index (χ3n) is 2.79. The predicted molar refractivity (Wildman–Crippen MR) is 75.9 cm³/mol. The molecule has 0 spiro atoms. The van der Waals surface area contributed by atoms with Crippen molar-refractivity contribution >= 4 is 21.4 Å². The van der Waals surface area contributed by atoms with Crippen LogP contribution in [0.2, 0.25) is 0 Å². The number of sulfonamides is 1. The van der Waals surface area contributed by atoms with Crippen molar-refractivity contribution in [3.63, 3.8) is 0 Å². The number of rotatable bonds is 9. The predicted octanol–water partition coefficient (Wildman–Crippen LogP) is 1.31. The molecule has 5 nitrogen and oxygen atoms in total. The number of hydrogen-bond donors (Lipinski definition) is 2. The fourth-order valence-corrected chi connectivity index (χ4v) is 3.96. The standard InChI is InChI=1S/C12H20N2O3S2/c1-2-17-8-7-14-19(15,16)12-6-5-11(18-12)9-13-10-3-4-10/h5-6,10,13-14H,2-4,7-9H2,1H3. The van der Waals surface area contributed by atoms with Crippen LogP contribution >= 0.6 is 11.3 Å². The summed E-state index contributed by atoms with van der Waals surface area (Å²) in [5.74, 6) is 0. The minimum Gasteiger partial charge on any atom is -0.380 e. The number of ether oxygens (including phenoxy) is 1. The first-order valence-corrected chi connectivity index (χ1v) is 8.81. The molecule has 0 aromatic carbocycles. The lowest BCUT2D eigenvalue weighted by molar-refractivity contribution is 0.153. The average molecular weight is 304 g/mol. The van der Waals surface area contributed by atoms with Crippen LogP contribution in [0.15, 0.2) is 16.3 Å². The van der Waals surface area contributed by atoms with E-state index in [1.54, 1.807) is 6.07 Å². The Morgan fingerprint density at radius 3 is 2.89 bits per heavy atom. The molecule has 2 N–H and O–H groups in total. The molecule has 2 rings (SSSR count). The zero-order valence-corrected chi connectivity index (χ0v) is 12.6. The molecular formula is C12H20N2O3S2. The van der Waals surface area contributed by atoms with Crippen molar-refractivity contribution in [3.8, 4) is 0 Å². The van der Waals surface area contributed by atoms with Gasteiger partial charge in [0.1, 0.15) is 4.21 Å². The normalized spacial score (nSPS) is 15.8. The van der Waals surface area contributed by atoms with Gasteiger partial charge < -0.3 is 10.1 Å². The smallest absolute Gasteiger partial charge is 0.250 e. The van der Waals surface area contributed by atoms with E-state index in [1.807, 2.05) is 13.0 Å². The first kappa shape index (κ1) is 14.9. The van der Waals surface area contributed by atoms with E-state index in [1.165, 1.54) is 24.2 Å². The molecule has 0 radical (unpaired) electrons. The molecule has 19 heavy (non-hydrogen) atoms. The van der Waals surface area contributed by atoms with Crippen molar-refractivity contribution in [3.05, 3.63) is 17.0 Å². The van der Waals surface area contributed by atoms with Gasteiger partial charge in [-0.15, -0.1) is 11.3 Å². The van der Waals surface area contributed by atoms with Gasteiger partial charge in [-0.1, -0.05) is 0 Å². The summed E-state index contributed by atoms with van der Waals surface area (Å²) in [5, 5.41) is 3.37. The molecule has 1 heterocycles. The molecule has 1 aliphatic rings. The lowest BCUT2D eigenvalue weighted by atomic mass is 10.4. The maximum absolute atomic E-state index is 12.0. The van der Waals surface area contributed by atoms with E-state index in [0.717, 1.165) is 11.4 Å². The van der Waals surface area contributed by atoms with Gasteiger partial charge in [-0.2, -0.15) is 0 Å². The summed E-state index contributed by atoms with van der Waals surface area (Å²) in [4.78, 5) is 1.05. The SMILES string of the molecule is CCOCCNS(=O)(=O)c1ccc(CNC2CC2)s1. The highest BCUT2D eigenvalue weighted by atomic mass is 32.2. The second-order valence-electron chi connectivity index (χ2n) is 4.47. The van der Waals surface area contributed by atoms with Crippen LogP contribution in [0.1, 0.15) is 24.6 Å². The van der Waals surface area contributed by atoms with E-state index in [2.05, 4.69) is 10.0 Å². The Morgan fingerprint density at radius 1 is 1.42 bits per heavy atom. The summed E-state index contributed by atoms with van der Waals surface area (Å²) in [6, 6.07) is 4.17.